The SMILES string of the molecule is COc1c(C(O)c2ccccc2F)c(C)nn1C. The number of methoxy groups -OCH3 is 1. The zero-order chi connectivity index (χ0) is 13.3. The minimum absolute atomic E-state index is 0.215. The van der Waals surface area contributed by atoms with Crippen molar-refractivity contribution >= 4 is 0 Å². The lowest BCUT2D eigenvalue weighted by molar-refractivity contribution is 0.208. The highest BCUT2D eigenvalue weighted by molar-refractivity contribution is 5.39. The molecule has 2 aromatic rings. The van der Waals surface area contributed by atoms with Gasteiger partial charge in [-0.3, -0.25) is 0 Å². The molecule has 0 aliphatic carbocycles. The van der Waals surface area contributed by atoms with Crippen LogP contribution in [-0.2, 0) is 7.05 Å². The molecule has 0 aliphatic rings. The van der Waals surface area contributed by atoms with Crippen LogP contribution in [0.25, 0.3) is 0 Å². The summed E-state index contributed by atoms with van der Waals surface area (Å²) in [7, 11) is 3.21. The Hall–Kier alpha value is -1.88. The first-order valence-corrected chi connectivity index (χ1v) is 5.56. The molecule has 0 aliphatic heterocycles. The summed E-state index contributed by atoms with van der Waals surface area (Å²) in [4.78, 5) is 0. The molecule has 0 fully saturated rings. The third-order valence-corrected chi connectivity index (χ3v) is 2.88. The van der Waals surface area contributed by atoms with Crippen LogP contribution in [-0.4, -0.2) is 22.0 Å². The average molecular weight is 250 g/mol. The van der Waals surface area contributed by atoms with E-state index in [1.807, 2.05) is 0 Å². The van der Waals surface area contributed by atoms with Crippen molar-refractivity contribution in [3.63, 3.8) is 0 Å². The number of hydrogen-bond acceptors (Lipinski definition) is 3. The van der Waals surface area contributed by atoms with Crippen molar-refractivity contribution in [2.24, 2.45) is 7.05 Å². The van der Waals surface area contributed by atoms with E-state index in [0.29, 0.717) is 17.1 Å². The van der Waals surface area contributed by atoms with Gasteiger partial charge < -0.3 is 9.84 Å². The van der Waals surface area contributed by atoms with Gasteiger partial charge in [-0.25, -0.2) is 9.07 Å². The highest BCUT2D eigenvalue weighted by Gasteiger charge is 2.24. The highest BCUT2D eigenvalue weighted by atomic mass is 19.1. The van der Waals surface area contributed by atoms with E-state index in [-0.39, 0.29) is 5.56 Å². The van der Waals surface area contributed by atoms with Crippen LogP contribution in [0.3, 0.4) is 0 Å². The van der Waals surface area contributed by atoms with Crippen LogP contribution in [0.5, 0.6) is 5.88 Å². The molecule has 0 spiro atoms. The van der Waals surface area contributed by atoms with Crippen LogP contribution in [0, 0.1) is 12.7 Å². The quantitative estimate of drug-likeness (QED) is 0.905. The van der Waals surface area contributed by atoms with E-state index in [0.717, 1.165) is 0 Å². The van der Waals surface area contributed by atoms with Crippen LogP contribution in [0.1, 0.15) is 22.9 Å². The lowest BCUT2D eigenvalue weighted by Crippen LogP contribution is -2.05. The Bertz CT molecular complexity index is 566. The number of aryl methyl sites for hydroxylation is 2. The molecule has 0 amide bonds. The molecule has 0 bridgehead atoms. The summed E-state index contributed by atoms with van der Waals surface area (Å²) < 4.78 is 20.4. The molecule has 1 aromatic heterocycles. The van der Waals surface area contributed by atoms with E-state index in [4.69, 9.17) is 4.74 Å². The molecule has 4 nitrogen and oxygen atoms in total. The largest absolute Gasteiger partial charge is 0.481 e. The number of benzene rings is 1. The fourth-order valence-corrected chi connectivity index (χ4v) is 2.06. The van der Waals surface area contributed by atoms with Crippen LogP contribution in [0.2, 0.25) is 0 Å². The normalized spacial score (nSPS) is 12.5. The minimum Gasteiger partial charge on any atom is -0.481 e. The number of hydrogen-bond donors (Lipinski definition) is 1. The summed E-state index contributed by atoms with van der Waals surface area (Å²) in [6.07, 6.45) is -1.09. The molecule has 2 rings (SSSR count). The van der Waals surface area contributed by atoms with Crippen LogP contribution >= 0.6 is 0 Å². The van der Waals surface area contributed by atoms with E-state index in [2.05, 4.69) is 5.10 Å². The standard InChI is InChI=1S/C13H15FN2O2/c1-8-11(13(18-3)16(2)15-8)12(17)9-6-4-5-7-10(9)14/h4-7,12,17H,1-3H3. The van der Waals surface area contributed by atoms with Gasteiger partial charge >= 0.3 is 0 Å². The first-order chi connectivity index (χ1) is 8.56. The third kappa shape index (κ3) is 1.97. The second-order valence-electron chi connectivity index (χ2n) is 4.06. The fraction of sp³-hybridized carbons (Fsp3) is 0.308. The predicted octanol–water partition coefficient (Wildman–Crippen LogP) is 1.96. The fourth-order valence-electron chi connectivity index (χ4n) is 2.06. The third-order valence-electron chi connectivity index (χ3n) is 2.88. The number of aliphatic hydroxyl groups excluding tert-OH is 1. The Morgan fingerprint density at radius 1 is 1.39 bits per heavy atom. The second kappa shape index (κ2) is 4.78. The number of aromatic nitrogens is 2. The highest BCUT2D eigenvalue weighted by Crippen LogP contribution is 2.33. The van der Waals surface area contributed by atoms with Gasteiger partial charge in [0.15, 0.2) is 0 Å². The lowest BCUT2D eigenvalue weighted by atomic mass is 10.0. The van der Waals surface area contributed by atoms with E-state index in [1.165, 1.54) is 17.9 Å². The number of nitrogens with zero attached hydrogens (tertiary/aromatic N) is 2. The van der Waals surface area contributed by atoms with E-state index >= 15 is 0 Å². The minimum atomic E-state index is -1.09. The average Bonchev–Trinajstić information content (AvgIpc) is 2.63. The maximum absolute atomic E-state index is 13.7. The molecule has 0 saturated heterocycles. The predicted molar refractivity (Wildman–Crippen MR) is 65.0 cm³/mol. The molecular formula is C13H15FN2O2. The lowest BCUT2D eigenvalue weighted by Gasteiger charge is -2.13. The van der Waals surface area contributed by atoms with Gasteiger partial charge in [-0.2, -0.15) is 5.10 Å². The Kier molecular flexibility index (Phi) is 3.34. The number of halogens is 1. The molecule has 1 unspecified atom stereocenters. The van der Waals surface area contributed by atoms with Gasteiger partial charge in [-0.15, -0.1) is 0 Å². The molecule has 1 aromatic carbocycles. The summed E-state index contributed by atoms with van der Waals surface area (Å²) in [6, 6.07) is 6.13. The Balaban J connectivity index is 2.53. The van der Waals surface area contributed by atoms with Gasteiger partial charge in [0, 0.05) is 12.6 Å². The summed E-state index contributed by atoms with van der Waals surface area (Å²) in [5.74, 6) is -0.0152. The zero-order valence-corrected chi connectivity index (χ0v) is 10.5. The van der Waals surface area contributed by atoms with Crippen molar-refractivity contribution in [3.8, 4) is 5.88 Å². The molecule has 96 valence electrons. The van der Waals surface area contributed by atoms with E-state index in [1.54, 1.807) is 32.2 Å². The van der Waals surface area contributed by atoms with Gasteiger partial charge in [-0.05, 0) is 13.0 Å². The molecule has 5 heteroatoms. The van der Waals surface area contributed by atoms with Crippen molar-refractivity contribution in [3.05, 3.63) is 46.9 Å². The summed E-state index contributed by atoms with van der Waals surface area (Å²) in [5, 5.41) is 14.5. The van der Waals surface area contributed by atoms with Crippen molar-refractivity contribution < 1.29 is 14.2 Å². The van der Waals surface area contributed by atoms with E-state index in [9.17, 15) is 9.50 Å². The zero-order valence-electron chi connectivity index (χ0n) is 10.5. The molecular weight excluding hydrogens is 235 g/mol. The number of rotatable bonds is 3. The van der Waals surface area contributed by atoms with Gasteiger partial charge in [0.05, 0.1) is 18.4 Å². The monoisotopic (exact) mass is 250 g/mol. The second-order valence-corrected chi connectivity index (χ2v) is 4.06. The maximum atomic E-state index is 13.7. The van der Waals surface area contributed by atoms with Crippen molar-refractivity contribution in [1.29, 1.82) is 0 Å². The van der Waals surface area contributed by atoms with Crippen LogP contribution in [0.4, 0.5) is 4.39 Å². The molecule has 0 saturated carbocycles. The smallest absolute Gasteiger partial charge is 0.217 e. The van der Waals surface area contributed by atoms with Gasteiger partial charge in [-0.1, -0.05) is 18.2 Å². The van der Waals surface area contributed by atoms with Crippen molar-refractivity contribution in [2.75, 3.05) is 7.11 Å². The first kappa shape index (κ1) is 12.6. The topological polar surface area (TPSA) is 47.3 Å². The van der Waals surface area contributed by atoms with Crippen LogP contribution < -0.4 is 4.74 Å². The van der Waals surface area contributed by atoms with Gasteiger partial charge in [0.1, 0.15) is 11.9 Å². The van der Waals surface area contributed by atoms with Gasteiger partial charge in [0.25, 0.3) is 0 Å². The van der Waals surface area contributed by atoms with E-state index < -0.39 is 11.9 Å². The Morgan fingerprint density at radius 2 is 2.06 bits per heavy atom. The van der Waals surface area contributed by atoms with Crippen molar-refractivity contribution in [1.82, 2.24) is 9.78 Å². The number of ether oxygens (including phenoxy) is 1. The molecule has 1 atom stereocenters. The molecule has 1 N–H and O–H groups in total. The summed E-state index contributed by atoms with van der Waals surface area (Å²) >= 11 is 0. The van der Waals surface area contributed by atoms with Crippen LogP contribution in [0.15, 0.2) is 24.3 Å². The Labute approximate surface area is 105 Å². The summed E-state index contributed by atoms with van der Waals surface area (Å²) in [5.41, 5.74) is 1.32. The Morgan fingerprint density at radius 3 is 2.67 bits per heavy atom. The molecule has 18 heavy (non-hydrogen) atoms. The first-order valence-electron chi connectivity index (χ1n) is 5.56. The summed E-state index contributed by atoms with van der Waals surface area (Å²) in [6.45, 7) is 1.75. The molecule has 0 radical (unpaired) electrons. The molecule has 1 heterocycles. The van der Waals surface area contributed by atoms with Gasteiger partial charge in [0.2, 0.25) is 5.88 Å². The van der Waals surface area contributed by atoms with Crippen molar-refractivity contribution in [2.45, 2.75) is 13.0 Å². The number of aliphatic hydroxyl groups is 1. The maximum Gasteiger partial charge on any atom is 0.217 e.